The summed E-state index contributed by atoms with van der Waals surface area (Å²) in [6.45, 7) is 2.20. The molecule has 9 nitrogen and oxygen atoms in total. The average molecular weight is 416 g/mol. The summed E-state index contributed by atoms with van der Waals surface area (Å²) in [5.41, 5.74) is 0.214. The molecule has 0 aliphatic rings. The number of rotatable bonds is 13. The highest BCUT2D eigenvalue weighted by Gasteiger charge is 2.17. The van der Waals surface area contributed by atoms with Crippen molar-refractivity contribution in [2.24, 2.45) is 4.99 Å². The second kappa shape index (κ2) is 12.4. The van der Waals surface area contributed by atoms with Crippen LogP contribution in [-0.2, 0) is 0 Å². The molecular formula is C21H28N4O5. The third kappa shape index (κ3) is 7.31. The van der Waals surface area contributed by atoms with Gasteiger partial charge in [-0.05, 0) is 12.8 Å². The summed E-state index contributed by atoms with van der Waals surface area (Å²) in [7, 11) is 2.88. The van der Waals surface area contributed by atoms with Crippen LogP contribution in [0.25, 0.3) is 0 Å². The Hall–Kier alpha value is -3.23. The Morgan fingerprint density at radius 3 is 2.37 bits per heavy atom. The maximum absolute atomic E-state index is 11.5. The van der Waals surface area contributed by atoms with Crippen molar-refractivity contribution in [3.63, 3.8) is 0 Å². The molecule has 0 atom stereocenters. The maximum Gasteiger partial charge on any atom is 0.358 e. The molecule has 0 aliphatic carbocycles. The van der Waals surface area contributed by atoms with Crippen molar-refractivity contribution in [3.05, 3.63) is 24.0 Å². The second-order valence-electron chi connectivity index (χ2n) is 6.55. The lowest BCUT2D eigenvalue weighted by Crippen LogP contribution is -2.05. The molecule has 0 aliphatic heterocycles. The molecule has 2 heterocycles. The van der Waals surface area contributed by atoms with Crippen molar-refractivity contribution < 1.29 is 24.1 Å². The van der Waals surface area contributed by atoms with Crippen molar-refractivity contribution in [1.29, 1.82) is 0 Å². The fourth-order valence-electron chi connectivity index (χ4n) is 2.67. The molecule has 162 valence electrons. The molecule has 0 amide bonds. The predicted octanol–water partition coefficient (Wildman–Crippen LogP) is 4.83. The minimum Gasteiger partial charge on any atom is -0.481 e. The van der Waals surface area contributed by atoms with Gasteiger partial charge in [-0.2, -0.15) is 9.97 Å². The summed E-state index contributed by atoms with van der Waals surface area (Å²) in [6.07, 6.45) is 11.3. The van der Waals surface area contributed by atoms with Crippen LogP contribution in [0.15, 0.2) is 23.3 Å². The molecule has 0 aromatic carbocycles. The van der Waals surface area contributed by atoms with E-state index in [9.17, 15) is 9.90 Å². The maximum atomic E-state index is 11.5. The Kier molecular flexibility index (Phi) is 9.50. The Bertz CT molecular complexity index is 835. The van der Waals surface area contributed by atoms with E-state index in [4.69, 9.17) is 14.2 Å². The summed E-state index contributed by atoms with van der Waals surface area (Å²) in [5, 5.41) is 9.40. The monoisotopic (exact) mass is 416 g/mol. The number of hydrogen-bond donors (Lipinski definition) is 1. The van der Waals surface area contributed by atoms with E-state index in [1.165, 1.54) is 64.7 Å². The van der Waals surface area contributed by atoms with Gasteiger partial charge in [0.2, 0.25) is 11.8 Å². The normalized spacial score (nSPS) is 10.9. The van der Waals surface area contributed by atoms with E-state index in [0.717, 1.165) is 12.8 Å². The molecule has 2 aromatic rings. The molecular weight excluding hydrogens is 388 g/mol. The number of aliphatic imine (C=N–C) groups is 1. The topological polar surface area (TPSA) is 116 Å². The van der Waals surface area contributed by atoms with Crippen LogP contribution in [0.5, 0.6) is 23.5 Å². The zero-order valence-electron chi connectivity index (χ0n) is 17.6. The number of aromatic nitrogens is 3. The first kappa shape index (κ1) is 23.1. The van der Waals surface area contributed by atoms with Gasteiger partial charge in [0, 0.05) is 12.3 Å². The Balaban J connectivity index is 2.09. The molecule has 30 heavy (non-hydrogen) atoms. The summed E-state index contributed by atoms with van der Waals surface area (Å²) < 4.78 is 15.7. The molecule has 0 fully saturated rings. The van der Waals surface area contributed by atoms with E-state index in [1.807, 2.05) is 6.21 Å². The molecule has 0 unspecified atom stereocenters. The van der Waals surface area contributed by atoms with Crippen LogP contribution in [-0.4, -0.2) is 46.5 Å². The van der Waals surface area contributed by atoms with Crippen LogP contribution in [0.4, 0.5) is 5.69 Å². The van der Waals surface area contributed by atoms with E-state index >= 15 is 0 Å². The highest BCUT2D eigenvalue weighted by Crippen LogP contribution is 2.28. The first-order valence-electron chi connectivity index (χ1n) is 9.98. The minimum atomic E-state index is -1.23. The van der Waals surface area contributed by atoms with Crippen molar-refractivity contribution in [1.82, 2.24) is 15.0 Å². The Labute approximate surface area is 176 Å². The van der Waals surface area contributed by atoms with Crippen LogP contribution < -0.4 is 14.2 Å². The summed E-state index contributed by atoms with van der Waals surface area (Å²) >= 11 is 0. The van der Waals surface area contributed by atoms with Gasteiger partial charge < -0.3 is 19.3 Å². The fourth-order valence-corrected chi connectivity index (χ4v) is 2.67. The van der Waals surface area contributed by atoms with Gasteiger partial charge in [0.15, 0.2) is 11.4 Å². The molecule has 0 radical (unpaired) electrons. The van der Waals surface area contributed by atoms with Crippen LogP contribution in [0.1, 0.15) is 62.4 Å². The van der Waals surface area contributed by atoms with Gasteiger partial charge in [-0.15, -0.1) is 0 Å². The van der Waals surface area contributed by atoms with E-state index in [1.54, 1.807) is 0 Å². The standard InChI is InChI=1S/C21H28N4O5/c1-4-5-6-7-8-9-10-11-22-15-12-16(19(20(26)27)23-14-15)30-21-24-17(28-2)13-18(25-21)29-3/h11-14H,4-10H2,1-3H3,(H,26,27). The third-order valence-corrected chi connectivity index (χ3v) is 4.25. The molecule has 0 saturated carbocycles. The quantitative estimate of drug-likeness (QED) is 0.364. The fraction of sp³-hybridized carbons (Fsp3) is 0.476. The SMILES string of the molecule is CCCCCCCCC=Nc1cnc(C(=O)O)c(Oc2nc(OC)cc(OC)n2)c1. The van der Waals surface area contributed by atoms with E-state index in [-0.39, 0.29) is 29.2 Å². The lowest BCUT2D eigenvalue weighted by Gasteiger charge is -2.09. The number of hydrogen-bond acceptors (Lipinski definition) is 8. The summed E-state index contributed by atoms with van der Waals surface area (Å²) in [5.74, 6) is -0.820. The number of unbranched alkanes of at least 4 members (excludes halogenated alkanes) is 6. The average Bonchev–Trinajstić information content (AvgIpc) is 2.75. The lowest BCUT2D eigenvalue weighted by atomic mass is 10.1. The van der Waals surface area contributed by atoms with Crippen LogP contribution in [0.2, 0.25) is 0 Å². The Morgan fingerprint density at radius 1 is 1.07 bits per heavy atom. The number of carboxylic acids is 1. The summed E-state index contributed by atoms with van der Waals surface area (Å²) in [4.78, 5) is 27.9. The highest BCUT2D eigenvalue weighted by atomic mass is 16.5. The second-order valence-corrected chi connectivity index (χ2v) is 6.55. The first-order chi connectivity index (χ1) is 14.6. The molecule has 2 rings (SSSR count). The number of methoxy groups -OCH3 is 2. The molecule has 1 N–H and O–H groups in total. The third-order valence-electron chi connectivity index (χ3n) is 4.25. The zero-order chi connectivity index (χ0) is 21.8. The van der Waals surface area contributed by atoms with E-state index in [0.29, 0.717) is 5.69 Å². The van der Waals surface area contributed by atoms with Gasteiger partial charge in [-0.1, -0.05) is 39.0 Å². The van der Waals surface area contributed by atoms with Crippen molar-refractivity contribution >= 4 is 17.9 Å². The molecule has 0 saturated heterocycles. The minimum absolute atomic E-state index is 0.0213. The number of ether oxygens (including phenoxy) is 3. The molecule has 0 bridgehead atoms. The number of carbonyl (C=O) groups is 1. The van der Waals surface area contributed by atoms with Gasteiger partial charge in [0.05, 0.1) is 32.2 Å². The van der Waals surface area contributed by atoms with Crippen LogP contribution >= 0.6 is 0 Å². The van der Waals surface area contributed by atoms with Crippen molar-refractivity contribution in [2.75, 3.05) is 14.2 Å². The largest absolute Gasteiger partial charge is 0.481 e. The van der Waals surface area contributed by atoms with Crippen molar-refractivity contribution in [3.8, 4) is 23.5 Å². The number of aromatic carboxylic acids is 1. The zero-order valence-corrected chi connectivity index (χ0v) is 17.6. The van der Waals surface area contributed by atoms with Crippen LogP contribution in [0.3, 0.4) is 0 Å². The van der Waals surface area contributed by atoms with Crippen LogP contribution in [0, 0.1) is 0 Å². The highest BCUT2D eigenvalue weighted by molar-refractivity contribution is 5.89. The molecule has 2 aromatic heterocycles. The number of pyridine rings is 1. The molecule has 9 heteroatoms. The molecule has 0 spiro atoms. The van der Waals surface area contributed by atoms with E-state index < -0.39 is 5.97 Å². The first-order valence-corrected chi connectivity index (χ1v) is 9.98. The smallest absolute Gasteiger partial charge is 0.358 e. The summed E-state index contributed by atoms with van der Waals surface area (Å²) in [6, 6.07) is 2.85. The van der Waals surface area contributed by atoms with Crippen molar-refractivity contribution in [2.45, 2.75) is 51.9 Å². The van der Waals surface area contributed by atoms with Gasteiger partial charge in [-0.3, -0.25) is 4.99 Å². The lowest BCUT2D eigenvalue weighted by molar-refractivity contribution is 0.0687. The Morgan fingerprint density at radius 2 is 1.73 bits per heavy atom. The van der Waals surface area contributed by atoms with Gasteiger partial charge in [-0.25, -0.2) is 9.78 Å². The van der Waals surface area contributed by atoms with Gasteiger partial charge in [0.1, 0.15) is 0 Å². The van der Waals surface area contributed by atoms with E-state index in [2.05, 4.69) is 26.9 Å². The van der Waals surface area contributed by atoms with Gasteiger partial charge in [0.25, 0.3) is 0 Å². The number of nitrogens with zero attached hydrogens (tertiary/aromatic N) is 4. The predicted molar refractivity (Wildman–Crippen MR) is 113 cm³/mol. The van der Waals surface area contributed by atoms with Gasteiger partial charge >= 0.3 is 12.0 Å². The number of carboxylic acid groups (broad SMARTS) is 1.